The van der Waals surface area contributed by atoms with Crippen LogP contribution in [0, 0.1) is 0 Å². The van der Waals surface area contributed by atoms with Crippen LogP contribution in [-0.2, 0) is 0 Å². The van der Waals surface area contributed by atoms with Gasteiger partial charge in [-0.3, -0.25) is 0 Å². The van der Waals surface area contributed by atoms with Crippen LogP contribution in [0.25, 0.3) is 0 Å². The van der Waals surface area contributed by atoms with Crippen LogP contribution < -0.4 is 4.90 Å². The third kappa shape index (κ3) is 2.05. The van der Waals surface area contributed by atoms with Gasteiger partial charge in [-0.1, -0.05) is 23.2 Å². The van der Waals surface area contributed by atoms with Gasteiger partial charge in [0.25, 0.3) is 0 Å². The summed E-state index contributed by atoms with van der Waals surface area (Å²) < 4.78 is 0. The number of hydrogen-bond donors (Lipinski definition) is 0. The molecule has 0 radical (unpaired) electrons. The largest absolute Gasteiger partial charge is 0.375 e. The van der Waals surface area contributed by atoms with Gasteiger partial charge in [-0.05, 0) is 25.1 Å². The molecule has 0 saturated heterocycles. The Kier molecular flexibility index (Phi) is 3.24. The van der Waals surface area contributed by atoms with E-state index < -0.39 is 0 Å². The molecule has 0 saturated carbocycles. The van der Waals surface area contributed by atoms with Crippen LogP contribution in [0.1, 0.15) is 6.92 Å². The molecule has 0 fully saturated rings. The molecule has 0 amide bonds. The minimum absolute atomic E-state index is 0.602. The van der Waals surface area contributed by atoms with Crippen molar-refractivity contribution in [1.82, 2.24) is 0 Å². The number of halogens is 2. The van der Waals surface area contributed by atoms with Gasteiger partial charge >= 0.3 is 0 Å². The van der Waals surface area contributed by atoms with E-state index in [-0.39, 0.29) is 0 Å². The van der Waals surface area contributed by atoms with Gasteiger partial charge in [0.1, 0.15) is 0 Å². The summed E-state index contributed by atoms with van der Waals surface area (Å²) in [5, 5.41) is 1.21. The quantitative estimate of drug-likeness (QED) is 0.713. The Morgan fingerprint density at radius 2 is 1.92 bits per heavy atom. The normalized spacial score (nSPS) is 10.0. The minimum atomic E-state index is 0.602. The van der Waals surface area contributed by atoms with E-state index in [1.807, 2.05) is 25.2 Å². The van der Waals surface area contributed by atoms with Crippen molar-refractivity contribution < 1.29 is 0 Å². The molecule has 66 valence electrons. The second-order valence-corrected chi connectivity index (χ2v) is 3.43. The standard InChI is InChI=1S/C9H11Cl2N/c1-3-12(2)7-4-5-8(10)9(11)6-7/h4-6H,3H2,1-2H3. The van der Waals surface area contributed by atoms with Gasteiger partial charge in [-0.25, -0.2) is 0 Å². The first-order valence-corrected chi connectivity index (χ1v) is 4.57. The van der Waals surface area contributed by atoms with Crippen LogP contribution >= 0.6 is 23.2 Å². The van der Waals surface area contributed by atoms with E-state index in [1.54, 1.807) is 0 Å². The highest BCUT2D eigenvalue weighted by molar-refractivity contribution is 6.42. The van der Waals surface area contributed by atoms with Crippen LogP contribution in [0.3, 0.4) is 0 Å². The van der Waals surface area contributed by atoms with Gasteiger partial charge in [0.15, 0.2) is 0 Å². The van der Waals surface area contributed by atoms with Gasteiger partial charge < -0.3 is 4.90 Å². The van der Waals surface area contributed by atoms with Crippen molar-refractivity contribution in [2.75, 3.05) is 18.5 Å². The highest BCUT2D eigenvalue weighted by Gasteiger charge is 2.01. The molecule has 0 atom stereocenters. The van der Waals surface area contributed by atoms with Crippen molar-refractivity contribution in [3.05, 3.63) is 28.2 Å². The van der Waals surface area contributed by atoms with Gasteiger partial charge in [-0.2, -0.15) is 0 Å². The molecule has 1 nitrogen and oxygen atoms in total. The van der Waals surface area contributed by atoms with E-state index in [0.29, 0.717) is 10.0 Å². The number of anilines is 1. The highest BCUT2D eigenvalue weighted by Crippen LogP contribution is 2.26. The fourth-order valence-electron chi connectivity index (χ4n) is 0.905. The zero-order chi connectivity index (χ0) is 9.14. The molecular weight excluding hydrogens is 193 g/mol. The summed E-state index contributed by atoms with van der Waals surface area (Å²) in [4.78, 5) is 2.10. The summed E-state index contributed by atoms with van der Waals surface area (Å²) in [5.74, 6) is 0. The van der Waals surface area contributed by atoms with Crippen LogP contribution in [-0.4, -0.2) is 13.6 Å². The maximum atomic E-state index is 5.86. The van der Waals surface area contributed by atoms with Crippen molar-refractivity contribution in [3.8, 4) is 0 Å². The summed E-state index contributed by atoms with van der Waals surface area (Å²) in [6, 6.07) is 5.64. The summed E-state index contributed by atoms with van der Waals surface area (Å²) in [7, 11) is 2.01. The molecule has 0 aliphatic heterocycles. The predicted octanol–water partition coefficient (Wildman–Crippen LogP) is 3.45. The van der Waals surface area contributed by atoms with E-state index in [2.05, 4.69) is 11.8 Å². The zero-order valence-corrected chi connectivity index (χ0v) is 8.65. The lowest BCUT2D eigenvalue weighted by Gasteiger charge is -2.16. The van der Waals surface area contributed by atoms with E-state index in [9.17, 15) is 0 Å². The molecule has 1 aromatic rings. The SMILES string of the molecule is CCN(C)c1ccc(Cl)c(Cl)c1. The van der Waals surface area contributed by atoms with Crippen LogP contribution in [0.5, 0.6) is 0 Å². The van der Waals surface area contributed by atoms with Crippen LogP contribution in [0.15, 0.2) is 18.2 Å². The van der Waals surface area contributed by atoms with Gasteiger partial charge in [-0.15, -0.1) is 0 Å². The average Bonchev–Trinajstić information content (AvgIpc) is 2.08. The monoisotopic (exact) mass is 203 g/mol. The van der Waals surface area contributed by atoms with Crippen LogP contribution in [0.2, 0.25) is 10.0 Å². The Morgan fingerprint density at radius 3 is 2.42 bits per heavy atom. The molecule has 1 aromatic carbocycles. The smallest absolute Gasteiger partial charge is 0.0612 e. The molecule has 0 aliphatic carbocycles. The first-order chi connectivity index (χ1) is 5.65. The lowest BCUT2D eigenvalue weighted by molar-refractivity contribution is 0.968. The van der Waals surface area contributed by atoms with E-state index in [4.69, 9.17) is 23.2 Å². The summed E-state index contributed by atoms with van der Waals surface area (Å²) in [6.07, 6.45) is 0. The Bertz CT molecular complexity index is 273. The highest BCUT2D eigenvalue weighted by atomic mass is 35.5. The van der Waals surface area contributed by atoms with E-state index >= 15 is 0 Å². The van der Waals surface area contributed by atoms with E-state index in [0.717, 1.165) is 12.2 Å². The first kappa shape index (κ1) is 9.69. The minimum Gasteiger partial charge on any atom is -0.375 e. The maximum Gasteiger partial charge on any atom is 0.0612 e. The molecule has 0 spiro atoms. The molecule has 1 rings (SSSR count). The Balaban J connectivity index is 2.96. The zero-order valence-electron chi connectivity index (χ0n) is 7.14. The third-order valence-electron chi connectivity index (χ3n) is 1.82. The number of hydrogen-bond acceptors (Lipinski definition) is 1. The number of rotatable bonds is 2. The Labute approximate surface area is 82.9 Å². The fraction of sp³-hybridized carbons (Fsp3) is 0.333. The molecule has 0 aliphatic rings. The Hall–Kier alpha value is -0.400. The van der Waals surface area contributed by atoms with Gasteiger partial charge in [0.2, 0.25) is 0 Å². The molecule has 12 heavy (non-hydrogen) atoms. The Morgan fingerprint density at radius 1 is 1.25 bits per heavy atom. The maximum absolute atomic E-state index is 5.86. The van der Waals surface area contributed by atoms with Crippen molar-refractivity contribution in [2.24, 2.45) is 0 Å². The first-order valence-electron chi connectivity index (χ1n) is 3.81. The van der Waals surface area contributed by atoms with Gasteiger partial charge in [0.05, 0.1) is 10.0 Å². The molecule has 0 unspecified atom stereocenters. The average molecular weight is 204 g/mol. The second-order valence-electron chi connectivity index (χ2n) is 2.61. The van der Waals surface area contributed by atoms with Gasteiger partial charge in [0, 0.05) is 19.3 Å². The second kappa shape index (κ2) is 4.01. The van der Waals surface area contributed by atoms with Crippen molar-refractivity contribution in [3.63, 3.8) is 0 Å². The topological polar surface area (TPSA) is 3.24 Å². The van der Waals surface area contributed by atoms with E-state index in [1.165, 1.54) is 0 Å². The predicted molar refractivity (Wildman–Crippen MR) is 55.4 cm³/mol. The lowest BCUT2D eigenvalue weighted by atomic mass is 10.3. The van der Waals surface area contributed by atoms with Crippen LogP contribution in [0.4, 0.5) is 5.69 Å². The summed E-state index contributed by atoms with van der Waals surface area (Å²) >= 11 is 11.6. The molecule has 0 N–H and O–H groups in total. The molecule has 3 heteroatoms. The fourth-order valence-corrected chi connectivity index (χ4v) is 1.20. The third-order valence-corrected chi connectivity index (χ3v) is 2.56. The molecular formula is C9H11Cl2N. The molecule has 0 aromatic heterocycles. The van der Waals surface area contributed by atoms with Crippen molar-refractivity contribution in [1.29, 1.82) is 0 Å². The molecule has 0 heterocycles. The molecule has 0 bridgehead atoms. The summed E-state index contributed by atoms with van der Waals surface area (Å²) in [6.45, 7) is 3.04. The summed E-state index contributed by atoms with van der Waals surface area (Å²) in [5.41, 5.74) is 1.09. The van der Waals surface area contributed by atoms with Crippen molar-refractivity contribution in [2.45, 2.75) is 6.92 Å². The van der Waals surface area contributed by atoms with Crippen molar-refractivity contribution >= 4 is 28.9 Å². The number of nitrogens with zero attached hydrogens (tertiary/aromatic N) is 1. The number of benzene rings is 1. The lowest BCUT2D eigenvalue weighted by Crippen LogP contribution is -2.15.